The van der Waals surface area contributed by atoms with Gasteiger partial charge in [-0.2, -0.15) is 0 Å². The smallest absolute Gasteiger partial charge is 0.462 e. The van der Waals surface area contributed by atoms with Crippen LogP contribution in [0.15, 0.2) is 0 Å². The molecule has 0 radical (unpaired) electrons. The molecule has 6 unspecified atom stereocenters. The van der Waals surface area contributed by atoms with Crippen molar-refractivity contribution in [3.8, 4) is 0 Å². The number of hydrogen-bond donors (Lipinski definition) is 3. The van der Waals surface area contributed by atoms with E-state index in [0.29, 0.717) is 31.6 Å². The molecule has 17 nitrogen and oxygen atoms in total. The molecule has 19 heteroatoms. The first-order valence-corrected chi connectivity index (χ1v) is 46.8. The lowest BCUT2D eigenvalue weighted by Gasteiger charge is -2.21. The highest BCUT2D eigenvalue weighted by atomic mass is 31.2. The van der Waals surface area contributed by atoms with Crippen LogP contribution in [0.3, 0.4) is 0 Å². The van der Waals surface area contributed by atoms with Crippen molar-refractivity contribution >= 4 is 39.5 Å². The first-order chi connectivity index (χ1) is 50.2. The van der Waals surface area contributed by atoms with Gasteiger partial charge in [-0.05, 0) is 49.4 Å². The molecule has 0 aromatic rings. The highest BCUT2D eigenvalue weighted by molar-refractivity contribution is 7.47. The van der Waals surface area contributed by atoms with Crippen LogP contribution in [0, 0.1) is 23.7 Å². The second-order valence-electron chi connectivity index (χ2n) is 31.8. The van der Waals surface area contributed by atoms with E-state index in [0.717, 1.165) is 114 Å². The predicted octanol–water partition coefficient (Wildman–Crippen LogP) is 25.6. The Kier molecular flexibility index (Phi) is 72.5. The summed E-state index contributed by atoms with van der Waals surface area (Å²) < 4.78 is 68.7. The minimum absolute atomic E-state index is 0.102. The number of hydrogen-bond acceptors (Lipinski definition) is 15. The number of unbranched alkanes of at least 4 members (excludes halogenated alkanes) is 45. The van der Waals surface area contributed by atoms with Crippen molar-refractivity contribution in [3.05, 3.63) is 0 Å². The molecule has 0 spiro atoms. The summed E-state index contributed by atoms with van der Waals surface area (Å²) in [6, 6.07) is 0. The van der Waals surface area contributed by atoms with E-state index in [1.807, 2.05) is 0 Å². The molecule has 0 aliphatic rings. The molecule has 0 aliphatic carbocycles. The van der Waals surface area contributed by atoms with E-state index in [1.165, 1.54) is 238 Å². The highest BCUT2D eigenvalue weighted by Crippen LogP contribution is 2.45. The topological polar surface area (TPSA) is 237 Å². The molecule has 0 rings (SSSR count). The molecule has 0 aromatic heterocycles. The van der Waals surface area contributed by atoms with Gasteiger partial charge in [-0.15, -0.1) is 0 Å². The van der Waals surface area contributed by atoms with Crippen LogP contribution in [0.2, 0.25) is 0 Å². The number of phosphoric ester groups is 2. The molecule has 0 bridgehead atoms. The van der Waals surface area contributed by atoms with Crippen LogP contribution in [0.5, 0.6) is 0 Å². The summed E-state index contributed by atoms with van der Waals surface area (Å²) in [4.78, 5) is 73.0. The average molecular weight is 1520 g/mol. The maximum atomic E-state index is 13.1. The number of ether oxygens (including phenoxy) is 4. The van der Waals surface area contributed by atoms with E-state index in [-0.39, 0.29) is 25.7 Å². The number of carbonyl (C=O) groups is 4. The van der Waals surface area contributed by atoms with Gasteiger partial charge in [-0.25, -0.2) is 9.13 Å². The Balaban J connectivity index is 5.18. The molecule has 618 valence electrons. The number of esters is 4. The van der Waals surface area contributed by atoms with Gasteiger partial charge in [0.15, 0.2) is 12.2 Å². The average Bonchev–Trinajstić information content (AvgIpc) is 0.911. The molecular formula is C85H166O17P2. The molecule has 0 aromatic carbocycles. The molecule has 0 aliphatic heterocycles. The maximum absolute atomic E-state index is 13.1. The first kappa shape index (κ1) is 102. The zero-order valence-electron chi connectivity index (χ0n) is 68.7. The number of aliphatic hydroxyl groups is 1. The fraction of sp³-hybridized carbons (Fsp3) is 0.953. The molecule has 0 amide bonds. The van der Waals surface area contributed by atoms with Crippen molar-refractivity contribution in [2.75, 3.05) is 39.6 Å². The van der Waals surface area contributed by atoms with Gasteiger partial charge in [0, 0.05) is 25.7 Å². The third kappa shape index (κ3) is 74.2. The van der Waals surface area contributed by atoms with E-state index in [9.17, 15) is 43.2 Å². The summed E-state index contributed by atoms with van der Waals surface area (Å²) in [5, 5.41) is 10.6. The summed E-state index contributed by atoms with van der Waals surface area (Å²) in [7, 11) is -9.92. The Morgan fingerprint density at radius 2 is 0.462 bits per heavy atom. The number of aliphatic hydroxyl groups excluding tert-OH is 1. The van der Waals surface area contributed by atoms with Gasteiger partial charge in [0.25, 0.3) is 0 Å². The van der Waals surface area contributed by atoms with Crippen LogP contribution >= 0.6 is 15.6 Å². The monoisotopic (exact) mass is 1520 g/mol. The van der Waals surface area contributed by atoms with E-state index >= 15 is 0 Å². The summed E-state index contributed by atoms with van der Waals surface area (Å²) in [6.45, 7) is 14.3. The molecule has 8 atom stereocenters. The summed E-state index contributed by atoms with van der Waals surface area (Å²) in [5.41, 5.74) is 0. The second-order valence-corrected chi connectivity index (χ2v) is 34.7. The van der Waals surface area contributed by atoms with E-state index in [4.69, 9.17) is 37.0 Å². The molecule has 0 heterocycles. The number of phosphoric acid groups is 2. The van der Waals surface area contributed by atoms with Crippen LogP contribution in [-0.2, 0) is 65.4 Å². The Morgan fingerprint density at radius 3 is 0.683 bits per heavy atom. The lowest BCUT2D eigenvalue weighted by molar-refractivity contribution is -0.161. The molecule has 3 N–H and O–H groups in total. The first-order valence-electron chi connectivity index (χ1n) is 43.8. The normalized spacial score (nSPS) is 14.7. The van der Waals surface area contributed by atoms with Gasteiger partial charge in [-0.3, -0.25) is 37.3 Å². The Morgan fingerprint density at radius 1 is 0.269 bits per heavy atom. The summed E-state index contributed by atoms with van der Waals surface area (Å²) >= 11 is 0. The Labute approximate surface area is 638 Å². The van der Waals surface area contributed by atoms with E-state index in [1.54, 1.807) is 0 Å². The standard InChI is InChI=1S/C85H166O17P2/c1-9-76(6)62-54-46-38-32-28-24-20-16-12-14-18-22-26-30-34-40-49-57-65-82(87)95-71-80(101-84(89)67-59-51-41-35-31-27-23-19-15-13-17-21-25-29-33-39-47-55-63-77(7)10-2)73-99-103(91,92)97-69-79(86)70-98-104(93,94)100-74-81(102-85(90)68-60-52-44-43-48-56-64-78(8)11-3)72-96-83(88)66-58-50-42-36-37-45-53-61-75(4)5/h75-81,86H,9-74H2,1-8H3,(H,91,92)(H,93,94)/t76?,77?,78?,79?,80-,81-/m1/s1. The van der Waals surface area contributed by atoms with Gasteiger partial charge in [0.2, 0.25) is 0 Å². The Hall–Kier alpha value is -1.94. The van der Waals surface area contributed by atoms with Crippen molar-refractivity contribution in [2.45, 2.75) is 459 Å². The SMILES string of the molecule is CCC(C)CCCCCCCCCCCCCCCCCCCCC(=O)OC[C@H](COP(=O)(O)OCC(O)COP(=O)(O)OC[C@@H](COC(=O)CCCCCCCCCC(C)C)OC(=O)CCCCCCCCC(C)CC)OC(=O)CCCCCCCCCCCCCCCCCCCCC(C)CC. The molecule has 104 heavy (non-hydrogen) atoms. The zero-order chi connectivity index (χ0) is 76.7. The van der Waals surface area contributed by atoms with Gasteiger partial charge >= 0.3 is 39.5 Å². The van der Waals surface area contributed by atoms with Crippen LogP contribution in [-0.4, -0.2) is 96.7 Å². The lowest BCUT2D eigenvalue weighted by Crippen LogP contribution is -2.30. The van der Waals surface area contributed by atoms with Gasteiger partial charge in [0.05, 0.1) is 26.4 Å². The molecule has 0 saturated carbocycles. The van der Waals surface area contributed by atoms with E-state index in [2.05, 4.69) is 55.4 Å². The molecule has 0 fully saturated rings. The minimum Gasteiger partial charge on any atom is -0.462 e. The molecule has 0 saturated heterocycles. The Bertz CT molecular complexity index is 2030. The minimum atomic E-state index is -4.97. The van der Waals surface area contributed by atoms with Crippen molar-refractivity contribution in [3.63, 3.8) is 0 Å². The second kappa shape index (κ2) is 73.8. The summed E-state index contributed by atoms with van der Waals surface area (Å²) in [5.74, 6) is 1.05. The third-order valence-electron chi connectivity index (χ3n) is 20.9. The molecular weight excluding hydrogens is 1350 g/mol. The highest BCUT2D eigenvalue weighted by Gasteiger charge is 2.31. The van der Waals surface area contributed by atoms with Gasteiger partial charge in [-0.1, -0.05) is 389 Å². The van der Waals surface area contributed by atoms with E-state index < -0.39 is 97.5 Å². The fourth-order valence-corrected chi connectivity index (χ4v) is 14.6. The lowest BCUT2D eigenvalue weighted by atomic mass is 9.99. The van der Waals surface area contributed by atoms with Crippen molar-refractivity contribution in [1.82, 2.24) is 0 Å². The number of rotatable bonds is 82. The van der Waals surface area contributed by atoms with Crippen molar-refractivity contribution in [2.24, 2.45) is 23.7 Å². The summed E-state index contributed by atoms with van der Waals surface area (Å²) in [6.07, 6.45) is 62.8. The van der Waals surface area contributed by atoms with Crippen LogP contribution in [0.1, 0.15) is 441 Å². The predicted molar refractivity (Wildman–Crippen MR) is 428 cm³/mol. The fourth-order valence-electron chi connectivity index (χ4n) is 13.0. The van der Waals surface area contributed by atoms with Crippen molar-refractivity contribution in [1.29, 1.82) is 0 Å². The zero-order valence-corrected chi connectivity index (χ0v) is 70.5. The van der Waals surface area contributed by atoms with Crippen LogP contribution in [0.4, 0.5) is 0 Å². The van der Waals surface area contributed by atoms with Gasteiger partial charge < -0.3 is 33.8 Å². The third-order valence-corrected chi connectivity index (χ3v) is 22.8. The largest absolute Gasteiger partial charge is 0.472 e. The maximum Gasteiger partial charge on any atom is 0.472 e. The van der Waals surface area contributed by atoms with Crippen molar-refractivity contribution < 1.29 is 80.2 Å². The van der Waals surface area contributed by atoms with Crippen LogP contribution in [0.25, 0.3) is 0 Å². The number of carbonyl (C=O) groups excluding carboxylic acids is 4. The quantitative estimate of drug-likeness (QED) is 0.0222. The van der Waals surface area contributed by atoms with Crippen LogP contribution < -0.4 is 0 Å². The van der Waals surface area contributed by atoms with Gasteiger partial charge in [0.1, 0.15) is 19.3 Å².